The SMILES string of the molecule is CCOC(=O)/C=C/C1(C)Cc2c(cc(C(C)(C)C)c(O)c2C(C)(C)C)O1. The van der Waals surface area contributed by atoms with Gasteiger partial charge < -0.3 is 14.6 Å². The van der Waals surface area contributed by atoms with Crippen molar-refractivity contribution in [2.45, 2.75) is 78.2 Å². The number of fused-ring (bicyclic) bond motifs is 1. The van der Waals surface area contributed by atoms with Crippen molar-refractivity contribution >= 4 is 5.97 Å². The molecule has 1 aromatic rings. The van der Waals surface area contributed by atoms with Gasteiger partial charge in [-0.25, -0.2) is 4.79 Å². The Hall–Kier alpha value is -1.97. The molecule has 1 aliphatic heterocycles. The summed E-state index contributed by atoms with van der Waals surface area (Å²) in [5.74, 6) is 0.766. The van der Waals surface area contributed by atoms with Crippen molar-refractivity contribution in [1.82, 2.24) is 0 Å². The summed E-state index contributed by atoms with van der Waals surface area (Å²) in [6.45, 7) is 16.6. The maximum atomic E-state index is 11.7. The van der Waals surface area contributed by atoms with Gasteiger partial charge in [0.15, 0.2) is 0 Å². The minimum atomic E-state index is -0.641. The normalized spacial score (nSPS) is 20.2. The summed E-state index contributed by atoms with van der Waals surface area (Å²) < 4.78 is 11.2. The third-order valence-corrected chi connectivity index (χ3v) is 4.65. The molecule has 144 valence electrons. The third kappa shape index (κ3) is 4.05. The van der Waals surface area contributed by atoms with Crippen molar-refractivity contribution in [3.05, 3.63) is 34.9 Å². The predicted octanol–water partition coefficient (Wildman–Crippen LogP) is 4.80. The molecule has 1 atom stereocenters. The summed E-state index contributed by atoms with van der Waals surface area (Å²) in [7, 11) is 0. The van der Waals surface area contributed by atoms with Gasteiger partial charge in [0.05, 0.1) is 6.61 Å². The van der Waals surface area contributed by atoms with Crippen LogP contribution in [0.2, 0.25) is 0 Å². The van der Waals surface area contributed by atoms with Gasteiger partial charge in [-0.1, -0.05) is 41.5 Å². The number of carbonyl (C=O) groups is 1. The lowest BCUT2D eigenvalue weighted by Gasteiger charge is -2.29. The third-order valence-electron chi connectivity index (χ3n) is 4.65. The predicted molar refractivity (Wildman–Crippen MR) is 104 cm³/mol. The standard InChI is InChI=1S/C22H32O4/c1-9-25-17(23)10-11-22(8)13-14-16(26-22)12-15(20(2,3)4)19(24)18(14)21(5,6)7/h10-12,24H,9,13H2,1-8H3/b11-10+. The average Bonchev–Trinajstić information content (AvgIpc) is 2.78. The van der Waals surface area contributed by atoms with Gasteiger partial charge in [0, 0.05) is 29.2 Å². The van der Waals surface area contributed by atoms with E-state index >= 15 is 0 Å². The van der Waals surface area contributed by atoms with Crippen molar-refractivity contribution in [3.8, 4) is 11.5 Å². The van der Waals surface area contributed by atoms with Crippen LogP contribution in [0.25, 0.3) is 0 Å². The number of hydrogen-bond acceptors (Lipinski definition) is 4. The summed E-state index contributed by atoms with van der Waals surface area (Å²) in [5, 5.41) is 11.0. The van der Waals surface area contributed by atoms with Crippen molar-refractivity contribution in [3.63, 3.8) is 0 Å². The minimum Gasteiger partial charge on any atom is -0.507 e. The van der Waals surface area contributed by atoms with Gasteiger partial charge >= 0.3 is 5.97 Å². The molecule has 4 nitrogen and oxygen atoms in total. The fraction of sp³-hybridized carbons (Fsp3) is 0.591. The molecular weight excluding hydrogens is 328 g/mol. The molecule has 0 bridgehead atoms. The number of carbonyl (C=O) groups excluding carboxylic acids is 1. The first-order valence-electron chi connectivity index (χ1n) is 9.23. The molecule has 1 aromatic carbocycles. The molecule has 0 radical (unpaired) electrons. The summed E-state index contributed by atoms with van der Waals surface area (Å²) in [6.07, 6.45) is 3.78. The number of rotatable bonds is 3. The van der Waals surface area contributed by atoms with Gasteiger partial charge in [0.25, 0.3) is 0 Å². The zero-order valence-corrected chi connectivity index (χ0v) is 17.3. The maximum absolute atomic E-state index is 11.7. The van der Waals surface area contributed by atoms with Crippen LogP contribution in [0.15, 0.2) is 18.2 Å². The van der Waals surface area contributed by atoms with E-state index in [9.17, 15) is 9.90 Å². The largest absolute Gasteiger partial charge is 0.507 e. The molecule has 26 heavy (non-hydrogen) atoms. The molecule has 0 aromatic heterocycles. The number of aromatic hydroxyl groups is 1. The zero-order chi connectivity index (χ0) is 19.9. The first-order chi connectivity index (χ1) is 11.8. The van der Waals surface area contributed by atoms with Crippen LogP contribution in [0, 0.1) is 0 Å². The molecule has 0 saturated heterocycles. The van der Waals surface area contributed by atoms with E-state index in [2.05, 4.69) is 41.5 Å². The summed E-state index contributed by atoms with van der Waals surface area (Å²) in [4.78, 5) is 11.7. The van der Waals surface area contributed by atoms with Crippen LogP contribution in [0.1, 0.15) is 72.1 Å². The fourth-order valence-electron chi connectivity index (χ4n) is 3.50. The molecule has 2 rings (SSSR count). The van der Waals surface area contributed by atoms with Gasteiger partial charge in [0.2, 0.25) is 0 Å². The highest BCUT2D eigenvalue weighted by Crippen LogP contribution is 2.49. The van der Waals surface area contributed by atoms with E-state index in [-0.39, 0.29) is 16.8 Å². The Bertz CT molecular complexity index is 732. The second kappa shape index (κ2) is 6.64. The number of phenolic OH excluding ortho intramolecular Hbond substituents is 1. The van der Waals surface area contributed by atoms with E-state index in [0.29, 0.717) is 18.8 Å². The quantitative estimate of drug-likeness (QED) is 0.621. The molecule has 0 fully saturated rings. The Morgan fingerprint density at radius 2 is 1.88 bits per heavy atom. The Morgan fingerprint density at radius 1 is 1.27 bits per heavy atom. The summed E-state index contributed by atoms with van der Waals surface area (Å²) in [5.41, 5.74) is 1.74. The topological polar surface area (TPSA) is 55.8 Å². The highest BCUT2D eigenvalue weighted by Gasteiger charge is 2.40. The van der Waals surface area contributed by atoms with Gasteiger partial charge in [-0.15, -0.1) is 0 Å². The van der Waals surface area contributed by atoms with E-state index in [4.69, 9.17) is 9.47 Å². The van der Waals surface area contributed by atoms with E-state index in [0.717, 1.165) is 22.4 Å². The molecule has 0 spiro atoms. The Labute approximate surface area is 157 Å². The Balaban J connectivity index is 2.53. The van der Waals surface area contributed by atoms with Crippen LogP contribution in [0.3, 0.4) is 0 Å². The molecule has 1 aliphatic rings. The second-order valence-electron chi connectivity index (χ2n) is 9.30. The smallest absolute Gasteiger partial charge is 0.330 e. The van der Waals surface area contributed by atoms with Crippen LogP contribution in [-0.2, 0) is 26.8 Å². The zero-order valence-electron chi connectivity index (χ0n) is 17.3. The number of hydrogen-bond donors (Lipinski definition) is 1. The van der Waals surface area contributed by atoms with E-state index in [1.807, 2.05) is 13.0 Å². The van der Waals surface area contributed by atoms with Crippen molar-refractivity contribution in [2.75, 3.05) is 6.61 Å². The Kier molecular flexibility index (Phi) is 5.19. The monoisotopic (exact) mass is 360 g/mol. The van der Waals surface area contributed by atoms with Gasteiger partial charge in [-0.2, -0.15) is 0 Å². The van der Waals surface area contributed by atoms with Crippen LogP contribution in [0.4, 0.5) is 0 Å². The minimum absolute atomic E-state index is 0.206. The highest BCUT2D eigenvalue weighted by atomic mass is 16.5. The van der Waals surface area contributed by atoms with Crippen molar-refractivity contribution in [2.24, 2.45) is 0 Å². The van der Waals surface area contributed by atoms with Crippen LogP contribution in [-0.4, -0.2) is 23.3 Å². The molecule has 0 aliphatic carbocycles. The lowest BCUT2D eigenvalue weighted by atomic mass is 9.76. The van der Waals surface area contributed by atoms with Gasteiger partial charge in [0.1, 0.15) is 17.1 Å². The maximum Gasteiger partial charge on any atom is 0.330 e. The van der Waals surface area contributed by atoms with Crippen LogP contribution < -0.4 is 4.74 Å². The molecule has 0 saturated carbocycles. The van der Waals surface area contributed by atoms with E-state index < -0.39 is 5.60 Å². The lowest BCUT2D eigenvalue weighted by molar-refractivity contribution is -0.137. The molecule has 4 heteroatoms. The average molecular weight is 360 g/mol. The summed E-state index contributed by atoms with van der Waals surface area (Å²) in [6, 6.07) is 1.95. The van der Waals surface area contributed by atoms with E-state index in [1.165, 1.54) is 6.08 Å². The van der Waals surface area contributed by atoms with Gasteiger partial charge in [-0.05, 0) is 36.8 Å². The molecule has 0 amide bonds. The lowest BCUT2D eigenvalue weighted by Crippen LogP contribution is -2.28. The highest BCUT2D eigenvalue weighted by molar-refractivity contribution is 5.82. The van der Waals surface area contributed by atoms with Crippen LogP contribution in [0.5, 0.6) is 11.5 Å². The van der Waals surface area contributed by atoms with Crippen molar-refractivity contribution in [1.29, 1.82) is 0 Å². The molecular formula is C22H32O4. The molecule has 1 heterocycles. The number of esters is 1. The number of benzene rings is 1. The number of ether oxygens (including phenoxy) is 2. The van der Waals surface area contributed by atoms with Crippen LogP contribution >= 0.6 is 0 Å². The molecule has 1 N–H and O–H groups in total. The van der Waals surface area contributed by atoms with E-state index in [1.54, 1.807) is 13.0 Å². The Morgan fingerprint density at radius 3 is 2.38 bits per heavy atom. The number of phenols is 1. The van der Waals surface area contributed by atoms with Gasteiger partial charge in [-0.3, -0.25) is 0 Å². The molecule has 1 unspecified atom stereocenters. The summed E-state index contributed by atoms with van der Waals surface area (Å²) >= 11 is 0. The fourth-order valence-corrected chi connectivity index (χ4v) is 3.50. The first kappa shape index (κ1) is 20.3. The van der Waals surface area contributed by atoms with Crippen molar-refractivity contribution < 1.29 is 19.4 Å². The second-order valence-corrected chi connectivity index (χ2v) is 9.30. The first-order valence-corrected chi connectivity index (χ1v) is 9.23.